The number of fused-ring (bicyclic) bond motifs is 3. The van der Waals surface area contributed by atoms with Crippen molar-refractivity contribution < 1.29 is 24.3 Å². The van der Waals surface area contributed by atoms with E-state index in [-0.39, 0.29) is 35.6 Å². The number of anilines is 1. The first-order valence-electron chi connectivity index (χ1n) is 12.4. The van der Waals surface area contributed by atoms with Gasteiger partial charge in [0.2, 0.25) is 11.8 Å². The number of phenols is 1. The van der Waals surface area contributed by atoms with Crippen LogP contribution in [-0.2, 0) is 19.2 Å². The number of aromatic hydroxyl groups is 1. The highest BCUT2D eigenvalue weighted by Gasteiger charge is 2.56. The third-order valence-corrected chi connectivity index (χ3v) is 8.15. The summed E-state index contributed by atoms with van der Waals surface area (Å²) in [5.74, 6) is -3.02. The molecule has 2 aromatic rings. The van der Waals surface area contributed by atoms with Crippen LogP contribution in [0.25, 0.3) is 6.08 Å². The summed E-state index contributed by atoms with van der Waals surface area (Å²) in [7, 11) is 0. The van der Waals surface area contributed by atoms with Crippen molar-refractivity contribution in [2.24, 2.45) is 17.8 Å². The van der Waals surface area contributed by atoms with E-state index >= 15 is 0 Å². The Hall–Kier alpha value is -4.32. The summed E-state index contributed by atoms with van der Waals surface area (Å²) in [6.07, 6.45) is 5.65. The topological polar surface area (TPSA) is 91.8 Å². The van der Waals surface area contributed by atoms with Gasteiger partial charge in [-0.25, -0.2) is 0 Å². The summed E-state index contributed by atoms with van der Waals surface area (Å²) >= 11 is 0. The molecule has 0 bridgehead atoms. The molecule has 1 aliphatic heterocycles. The normalized spacial score (nSPS) is 26.9. The largest absolute Gasteiger partial charge is 0.508 e. The Kier molecular flexibility index (Phi) is 5.23. The third-order valence-electron chi connectivity index (χ3n) is 8.15. The summed E-state index contributed by atoms with van der Waals surface area (Å²) < 4.78 is 0. The molecule has 2 aromatic carbocycles. The van der Waals surface area contributed by atoms with Crippen LogP contribution >= 0.6 is 0 Å². The molecule has 1 fully saturated rings. The van der Waals surface area contributed by atoms with E-state index in [9.17, 15) is 24.3 Å². The number of carbonyl (C=O) groups excluding carboxylic acids is 4. The number of hydrogen-bond donors (Lipinski definition) is 1. The fraction of sp³-hybridized carbons (Fsp3) is 0.226. The molecule has 3 aliphatic carbocycles. The predicted molar refractivity (Wildman–Crippen MR) is 138 cm³/mol. The highest BCUT2D eigenvalue weighted by atomic mass is 16.3. The van der Waals surface area contributed by atoms with Crippen LogP contribution in [0.5, 0.6) is 5.75 Å². The maximum Gasteiger partial charge on any atom is 0.238 e. The standard InChI is InChI=1S/C31H25NO5/c1-3-17-7-9-19(10-8-17)32-30(36)22-12-11-21-23(27(22)31(32)37)15-24-28(25(34)13-16(2)29(24)35)26(21)18-5-4-6-20(33)14-18/h3-11,13-14,22-23,26-27,33H,1,12,15H2,2H3. The minimum absolute atomic E-state index is 0.0543. The monoisotopic (exact) mass is 491 g/mol. The lowest BCUT2D eigenvalue weighted by Gasteiger charge is -2.42. The Morgan fingerprint density at radius 3 is 2.46 bits per heavy atom. The van der Waals surface area contributed by atoms with Gasteiger partial charge in [-0.05, 0) is 67.2 Å². The molecule has 6 heteroatoms. The van der Waals surface area contributed by atoms with Crippen LogP contribution in [0.1, 0.15) is 36.8 Å². The Morgan fingerprint density at radius 2 is 1.76 bits per heavy atom. The number of imide groups is 1. The van der Waals surface area contributed by atoms with E-state index in [4.69, 9.17) is 0 Å². The lowest BCUT2D eigenvalue weighted by Crippen LogP contribution is -2.39. The number of allylic oxidation sites excluding steroid dienone is 6. The second-order valence-corrected chi connectivity index (χ2v) is 10.1. The molecule has 4 unspecified atom stereocenters. The highest BCUT2D eigenvalue weighted by molar-refractivity contribution is 6.25. The van der Waals surface area contributed by atoms with Crippen molar-refractivity contribution in [2.75, 3.05) is 4.90 Å². The summed E-state index contributed by atoms with van der Waals surface area (Å²) in [5.41, 5.74) is 4.14. The van der Waals surface area contributed by atoms with Gasteiger partial charge in [0.1, 0.15) is 5.75 Å². The SMILES string of the molecule is C=Cc1ccc(N2C(=O)C3CC=C4C(c5cccc(O)c5)C5=C(CC4C3C2=O)C(=O)C(C)=CC5=O)cc1. The predicted octanol–water partition coefficient (Wildman–Crippen LogP) is 4.67. The van der Waals surface area contributed by atoms with E-state index in [2.05, 4.69) is 6.58 Å². The van der Waals surface area contributed by atoms with Gasteiger partial charge >= 0.3 is 0 Å². The molecule has 1 saturated heterocycles. The quantitative estimate of drug-likeness (QED) is 0.383. The van der Waals surface area contributed by atoms with E-state index in [1.165, 1.54) is 11.0 Å². The number of amides is 2. The minimum atomic E-state index is -0.630. The number of carbonyl (C=O) groups is 4. The van der Waals surface area contributed by atoms with Gasteiger partial charge in [-0.1, -0.05) is 48.6 Å². The Morgan fingerprint density at radius 1 is 1.00 bits per heavy atom. The molecule has 6 rings (SSSR count). The number of benzene rings is 2. The van der Waals surface area contributed by atoms with Crippen molar-refractivity contribution in [1.82, 2.24) is 0 Å². The first-order valence-corrected chi connectivity index (χ1v) is 12.4. The zero-order chi connectivity index (χ0) is 26.0. The maximum absolute atomic E-state index is 13.9. The second-order valence-electron chi connectivity index (χ2n) is 10.1. The van der Waals surface area contributed by atoms with E-state index < -0.39 is 23.7 Å². The van der Waals surface area contributed by atoms with Crippen LogP contribution in [-0.4, -0.2) is 28.5 Å². The van der Waals surface area contributed by atoms with E-state index in [0.717, 1.165) is 11.1 Å². The van der Waals surface area contributed by atoms with Crippen molar-refractivity contribution in [2.45, 2.75) is 25.7 Å². The van der Waals surface area contributed by atoms with Crippen LogP contribution in [0.3, 0.4) is 0 Å². The zero-order valence-corrected chi connectivity index (χ0v) is 20.3. The van der Waals surface area contributed by atoms with Crippen molar-refractivity contribution in [1.29, 1.82) is 0 Å². The number of rotatable bonds is 3. The molecule has 6 nitrogen and oxygen atoms in total. The Labute approximate surface area is 214 Å². The van der Waals surface area contributed by atoms with Crippen LogP contribution in [0.2, 0.25) is 0 Å². The molecule has 184 valence electrons. The first kappa shape index (κ1) is 23.1. The van der Waals surface area contributed by atoms with Crippen LogP contribution in [0, 0.1) is 17.8 Å². The molecule has 0 radical (unpaired) electrons. The molecule has 4 aliphatic rings. The van der Waals surface area contributed by atoms with Crippen LogP contribution in [0.15, 0.2) is 89.6 Å². The van der Waals surface area contributed by atoms with Gasteiger partial charge in [0.05, 0.1) is 17.5 Å². The van der Waals surface area contributed by atoms with Crippen LogP contribution < -0.4 is 4.90 Å². The molecule has 37 heavy (non-hydrogen) atoms. The molecule has 1 N–H and O–H groups in total. The molecular formula is C31H25NO5. The van der Waals surface area contributed by atoms with Gasteiger partial charge in [-0.2, -0.15) is 0 Å². The summed E-state index contributed by atoms with van der Waals surface area (Å²) in [5, 5.41) is 10.2. The number of hydrogen-bond acceptors (Lipinski definition) is 5. The molecule has 0 aromatic heterocycles. The second kappa shape index (κ2) is 8.37. The van der Waals surface area contributed by atoms with Crippen LogP contribution in [0.4, 0.5) is 5.69 Å². The average molecular weight is 492 g/mol. The molecule has 1 heterocycles. The fourth-order valence-electron chi connectivity index (χ4n) is 6.48. The van der Waals surface area contributed by atoms with Gasteiger partial charge < -0.3 is 5.11 Å². The number of ketones is 2. The van der Waals surface area contributed by atoms with E-state index in [0.29, 0.717) is 34.4 Å². The maximum atomic E-state index is 13.9. The fourth-order valence-corrected chi connectivity index (χ4v) is 6.48. The van der Waals surface area contributed by atoms with Crippen molar-refractivity contribution in [3.05, 3.63) is 101 Å². The van der Waals surface area contributed by atoms with Gasteiger partial charge in [0, 0.05) is 22.6 Å². The van der Waals surface area contributed by atoms with Gasteiger partial charge in [0.15, 0.2) is 11.6 Å². The lowest BCUT2D eigenvalue weighted by molar-refractivity contribution is -0.123. The summed E-state index contributed by atoms with van der Waals surface area (Å²) in [6, 6.07) is 13.8. The number of nitrogens with zero attached hydrogens (tertiary/aromatic N) is 1. The highest BCUT2D eigenvalue weighted by Crippen LogP contribution is 2.55. The van der Waals surface area contributed by atoms with Crippen molar-refractivity contribution >= 4 is 35.1 Å². The Balaban J connectivity index is 1.47. The molecular weight excluding hydrogens is 466 g/mol. The van der Waals surface area contributed by atoms with Gasteiger partial charge in [-0.3, -0.25) is 24.1 Å². The summed E-state index contributed by atoms with van der Waals surface area (Å²) in [6.45, 7) is 5.38. The third kappa shape index (κ3) is 3.39. The molecule has 2 amide bonds. The summed E-state index contributed by atoms with van der Waals surface area (Å²) in [4.78, 5) is 55.2. The van der Waals surface area contributed by atoms with Gasteiger partial charge in [0.25, 0.3) is 0 Å². The lowest BCUT2D eigenvalue weighted by atomic mass is 9.59. The van der Waals surface area contributed by atoms with Crippen molar-refractivity contribution in [3.8, 4) is 5.75 Å². The number of Topliss-reactive ketones (excluding diaryl/α,β-unsaturated/α-hetero) is 1. The first-order chi connectivity index (χ1) is 17.8. The molecule has 4 atom stereocenters. The molecule has 0 saturated carbocycles. The molecule has 0 spiro atoms. The van der Waals surface area contributed by atoms with E-state index in [1.54, 1.807) is 43.3 Å². The smallest absolute Gasteiger partial charge is 0.238 e. The van der Waals surface area contributed by atoms with E-state index in [1.807, 2.05) is 24.3 Å². The minimum Gasteiger partial charge on any atom is -0.508 e. The average Bonchev–Trinajstić information content (AvgIpc) is 3.16. The zero-order valence-electron chi connectivity index (χ0n) is 20.3. The Bertz CT molecular complexity index is 1510. The van der Waals surface area contributed by atoms with Gasteiger partial charge in [-0.15, -0.1) is 0 Å². The van der Waals surface area contributed by atoms with Crippen molar-refractivity contribution in [3.63, 3.8) is 0 Å². The number of phenolic OH excluding ortho intramolecular Hbond substituents is 1.